The molecule has 0 bridgehead atoms. The fourth-order valence-electron chi connectivity index (χ4n) is 1.73. The lowest BCUT2D eigenvalue weighted by Gasteiger charge is -1.94. The minimum Gasteiger partial charge on any atom is -0.356 e. The van der Waals surface area contributed by atoms with E-state index in [0.29, 0.717) is 0 Å². The van der Waals surface area contributed by atoms with Gasteiger partial charge in [-0.1, -0.05) is 35.5 Å². The van der Waals surface area contributed by atoms with Gasteiger partial charge in [-0.05, 0) is 0 Å². The first kappa shape index (κ1) is 9.84. The molecule has 0 unspecified atom stereocenters. The van der Waals surface area contributed by atoms with E-state index in [-0.39, 0.29) is 0 Å². The van der Waals surface area contributed by atoms with Crippen LogP contribution in [-0.2, 0) is 7.05 Å². The van der Waals surface area contributed by atoms with Gasteiger partial charge >= 0.3 is 0 Å². The van der Waals surface area contributed by atoms with Crippen molar-refractivity contribution >= 4 is 0 Å². The Morgan fingerprint density at radius 2 is 2.00 bits per heavy atom. The predicted molar refractivity (Wildman–Crippen MR) is 64.1 cm³/mol. The molecule has 0 aliphatic carbocycles. The number of hydrogen-bond donors (Lipinski definition) is 0. The Bertz CT molecular complexity index is 625. The van der Waals surface area contributed by atoms with E-state index in [1.165, 1.54) is 0 Å². The lowest BCUT2D eigenvalue weighted by molar-refractivity contribution is 0.434. The van der Waals surface area contributed by atoms with E-state index < -0.39 is 0 Å². The van der Waals surface area contributed by atoms with Crippen LogP contribution in [0, 0.1) is 0 Å². The summed E-state index contributed by atoms with van der Waals surface area (Å²) in [4.78, 5) is 4.23. The highest BCUT2D eigenvalue weighted by Crippen LogP contribution is 2.24. The Morgan fingerprint density at radius 3 is 2.71 bits per heavy atom. The summed E-state index contributed by atoms with van der Waals surface area (Å²) < 4.78 is 7.24. The number of aryl methyl sites for hydroxylation is 1. The second-order valence-corrected chi connectivity index (χ2v) is 3.80. The van der Waals surface area contributed by atoms with Gasteiger partial charge in [0.2, 0.25) is 0 Å². The molecule has 0 saturated carbocycles. The van der Waals surface area contributed by atoms with Crippen LogP contribution in [0.5, 0.6) is 0 Å². The topological polar surface area (TPSA) is 43.9 Å². The van der Waals surface area contributed by atoms with Crippen molar-refractivity contribution < 1.29 is 4.52 Å². The zero-order valence-corrected chi connectivity index (χ0v) is 9.37. The monoisotopic (exact) mass is 225 g/mol. The molecule has 0 saturated heterocycles. The van der Waals surface area contributed by atoms with Crippen LogP contribution in [0.25, 0.3) is 22.8 Å². The van der Waals surface area contributed by atoms with Gasteiger partial charge < -0.3 is 9.09 Å². The van der Waals surface area contributed by atoms with Crippen molar-refractivity contribution in [1.82, 2.24) is 14.7 Å². The molecule has 17 heavy (non-hydrogen) atoms. The Balaban J connectivity index is 2.02. The number of nitrogens with zero attached hydrogens (tertiary/aromatic N) is 3. The van der Waals surface area contributed by atoms with Crippen molar-refractivity contribution in [3.05, 3.63) is 48.8 Å². The maximum absolute atomic E-state index is 5.33. The fourth-order valence-corrected chi connectivity index (χ4v) is 1.73. The van der Waals surface area contributed by atoms with E-state index >= 15 is 0 Å². The van der Waals surface area contributed by atoms with E-state index in [9.17, 15) is 0 Å². The third-order valence-corrected chi connectivity index (χ3v) is 2.62. The number of rotatable bonds is 2. The van der Waals surface area contributed by atoms with Gasteiger partial charge in [-0.2, -0.15) is 0 Å². The standard InChI is InChI=1S/C13H11N3O/c1-16-8-7-14-13(16)11-9-12(17-15-11)10-5-3-2-4-6-10/h2-9H,1H3. The summed E-state index contributed by atoms with van der Waals surface area (Å²) in [6, 6.07) is 11.8. The largest absolute Gasteiger partial charge is 0.356 e. The van der Waals surface area contributed by atoms with Crippen LogP contribution in [0.3, 0.4) is 0 Å². The van der Waals surface area contributed by atoms with Crippen molar-refractivity contribution in [1.29, 1.82) is 0 Å². The second kappa shape index (κ2) is 3.90. The van der Waals surface area contributed by atoms with Gasteiger partial charge in [0.05, 0.1) is 0 Å². The molecule has 0 atom stereocenters. The number of imidazole rings is 1. The summed E-state index contributed by atoms with van der Waals surface area (Å²) in [5.41, 5.74) is 1.76. The minimum atomic E-state index is 0.747. The number of benzene rings is 1. The average molecular weight is 225 g/mol. The van der Waals surface area contributed by atoms with E-state index in [1.54, 1.807) is 6.20 Å². The summed E-state index contributed by atoms with van der Waals surface area (Å²) in [6.07, 6.45) is 3.62. The van der Waals surface area contributed by atoms with Crippen LogP contribution in [0.1, 0.15) is 0 Å². The van der Waals surface area contributed by atoms with Gasteiger partial charge in [0.25, 0.3) is 0 Å². The Morgan fingerprint density at radius 1 is 1.18 bits per heavy atom. The molecule has 1 aromatic carbocycles. The van der Waals surface area contributed by atoms with Crippen LogP contribution in [0.15, 0.2) is 53.3 Å². The number of aromatic nitrogens is 3. The molecule has 3 rings (SSSR count). The first-order valence-corrected chi connectivity index (χ1v) is 5.34. The molecule has 0 radical (unpaired) electrons. The van der Waals surface area contributed by atoms with Crippen LogP contribution in [0.4, 0.5) is 0 Å². The average Bonchev–Trinajstić information content (AvgIpc) is 2.98. The van der Waals surface area contributed by atoms with Gasteiger partial charge in [0.1, 0.15) is 5.69 Å². The van der Waals surface area contributed by atoms with E-state index in [1.807, 2.05) is 54.2 Å². The summed E-state index contributed by atoms with van der Waals surface area (Å²) in [6.45, 7) is 0. The Labute approximate surface area is 98.5 Å². The molecule has 0 amide bonds. The molecule has 84 valence electrons. The maximum atomic E-state index is 5.33. The van der Waals surface area contributed by atoms with E-state index in [4.69, 9.17) is 4.52 Å². The van der Waals surface area contributed by atoms with Gasteiger partial charge in [0, 0.05) is 31.1 Å². The SMILES string of the molecule is Cn1ccnc1-c1cc(-c2ccccc2)on1. The summed E-state index contributed by atoms with van der Waals surface area (Å²) in [5.74, 6) is 1.56. The molecule has 4 nitrogen and oxygen atoms in total. The van der Waals surface area contributed by atoms with E-state index in [0.717, 1.165) is 22.8 Å². The normalized spacial score (nSPS) is 10.6. The van der Waals surface area contributed by atoms with Crippen LogP contribution < -0.4 is 0 Å². The van der Waals surface area contributed by atoms with Gasteiger partial charge in [0.15, 0.2) is 11.6 Å². The van der Waals surface area contributed by atoms with Crippen molar-refractivity contribution in [2.24, 2.45) is 7.05 Å². The molecular weight excluding hydrogens is 214 g/mol. The minimum absolute atomic E-state index is 0.747. The highest BCUT2D eigenvalue weighted by Gasteiger charge is 2.11. The third kappa shape index (κ3) is 1.73. The zero-order chi connectivity index (χ0) is 11.7. The molecular formula is C13H11N3O. The van der Waals surface area contributed by atoms with Crippen molar-refractivity contribution in [3.63, 3.8) is 0 Å². The van der Waals surface area contributed by atoms with Crippen LogP contribution in [0.2, 0.25) is 0 Å². The molecule has 0 spiro atoms. The predicted octanol–water partition coefficient (Wildman–Crippen LogP) is 2.74. The highest BCUT2D eigenvalue weighted by atomic mass is 16.5. The number of hydrogen-bond acceptors (Lipinski definition) is 3. The molecule has 0 N–H and O–H groups in total. The van der Waals surface area contributed by atoms with Crippen LogP contribution >= 0.6 is 0 Å². The molecule has 2 aromatic heterocycles. The molecule has 0 aliphatic heterocycles. The van der Waals surface area contributed by atoms with Gasteiger partial charge in [-0.15, -0.1) is 0 Å². The van der Waals surface area contributed by atoms with Gasteiger partial charge in [-0.3, -0.25) is 0 Å². The van der Waals surface area contributed by atoms with E-state index in [2.05, 4.69) is 10.1 Å². The highest BCUT2D eigenvalue weighted by molar-refractivity contribution is 5.63. The lowest BCUT2D eigenvalue weighted by Crippen LogP contribution is -1.90. The quantitative estimate of drug-likeness (QED) is 0.673. The first-order valence-electron chi connectivity index (χ1n) is 5.34. The lowest BCUT2D eigenvalue weighted by atomic mass is 10.1. The maximum Gasteiger partial charge on any atom is 0.167 e. The molecule has 4 heteroatoms. The van der Waals surface area contributed by atoms with Crippen LogP contribution in [-0.4, -0.2) is 14.7 Å². The Hall–Kier alpha value is -2.36. The molecule has 3 aromatic rings. The summed E-state index contributed by atoms with van der Waals surface area (Å²) in [5, 5.41) is 4.04. The molecule has 0 aliphatic rings. The summed E-state index contributed by atoms with van der Waals surface area (Å²) >= 11 is 0. The summed E-state index contributed by atoms with van der Waals surface area (Å²) in [7, 11) is 1.93. The molecule has 0 fully saturated rings. The van der Waals surface area contributed by atoms with Crippen molar-refractivity contribution in [2.75, 3.05) is 0 Å². The molecule has 2 heterocycles. The second-order valence-electron chi connectivity index (χ2n) is 3.80. The van der Waals surface area contributed by atoms with Crippen molar-refractivity contribution in [2.45, 2.75) is 0 Å². The Kier molecular flexibility index (Phi) is 2.26. The van der Waals surface area contributed by atoms with Gasteiger partial charge in [-0.25, -0.2) is 4.98 Å². The zero-order valence-electron chi connectivity index (χ0n) is 9.37. The first-order chi connectivity index (χ1) is 8.34. The third-order valence-electron chi connectivity index (χ3n) is 2.62. The fraction of sp³-hybridized carbons (Fsp3) is 0.0769. The smallest absolute Gasteiger partial charge is 0.167 e. The van der Waals surface area contributed by atoms with Crippen molar-refractivity contribution in [3.8, 4) is 22.8 Å².